The third-order valence-corrected chi connectivity index (χ3v) is 2.64. The largest absolute Gasteiger partial charge is 0.278 e. The molecule has 3 heteroatoms. The van der Waals surface area contributed by atoms with Crippen LogP contribution in [0.4, 0.5) is 0 Å². The van der Waals surface area contributed by atoms with Crippen molar-refractivity contribution < 1.29 is 0 Å². The van der Waals surface area contributed by atoms with E-state index in [1.54, 1.807) is 6.20 Å². The van der Waals surface area contributed by atoms with Gasteiger partial charge in [-0.15, -0.1) is 0 Å². The van der Waals surface area contributed by atoms with Crippen LogP contribution in [0.25, 0.3) is 22.5 Å². The van der Waals surface area contributed by atoms with Gasteiger partial charge in [0.1, 0.15) is 0 Å². The van der Waals surface area contributed by atoms with Crippen LogP contribution >= 0.6 is 0 Å². The number of hydrogen-bond donors (Lipinski definition) is 1. The molecule has 0 atom stereocenters. The van der Waals surface area contributed by atoms with E-state index >= 15 is 0 Å². The Bertz CT molecular complexity index is 600. The van der Waals surface area contributed by atoms with E-state index in [2.05, 4.69) is 33.4 Å². The van der Waals surface area contributed by atoms with E-state index in [4.69, 9.17) is 0 Å². The van der Waals surface area contributed by atoms with Crippen LogP contribution in [0.15, 0.2) is 60.9 Å². The van der Waals surface area contributed by atoms with Gasteiger partial charge in [0.05, 0.1) is 11.4 Å². The number of aromatic amines is 1. The van der Waals surface area contributed by atoms with Gasteiger partial charge < -0.3 is 0 Å². The van der Waals surface area contributed by atoms with E-state index in [1.165, 1.54) is 0 Å². The Hall–Kier alpha value is -2.42. The Morgan fingerprint density at radius 1 is 0.824 bits per heavy atom. The second-order valence-corrected chi connectivity index (χ2v) is 3.77. The van der Waals surface area contributed by atoms with Gasteiger partial charge in [-0.05, 0) is 18.2 Å². The van der Waals surface area contributed by atoms with Crippen LogP contribution in [-0.4, -0.2) is 15.2 Å². The van der Waals surface area contributed by atoms with E-state index in [0.717, 1.165) is 22.5 Å². The van der Waals surface area contributed by atoms with Crippen molar-refractivity contribution in [3.05, 3.63) is 60.9 Å². The monoisotopic (exact) mass is 221 g/mol. The number of nitrogens with one attached hydrogen (secondary N) is 1. The maximum Gasteiger partial charge on any atom is 0.0708 e. The Kier molecular flexibility index (Phi) is 2.43. The smallest absolute Gasteiger partial charge is 0.0708 e. The molecule has 0 radical (unpaired) electrons. The average molecular weight is 221 g/mol. The highest BCUT2D eigenvalue weighted by Gasteiger charge is 2.02. The fourth-order valence-electron chi connectivity index (χ4n) is 1.78. The number of aromatic nitrogens is 3. The fourth-order valence-corrected chi connectivity index (χ4v) is 1.78. The molecule has 0 spiro atoms. The summed E-state index contributed by atoms with van der Waals surface area (Å²) >= 11 is 0. The number of rotatable bonds is 2. The van der Waals surface area contributed by atoms with E-state index in [-0.39, 0.29) is 0 Å². The normalized spacial score (nSPS) is 10.4. The van der Waals surface area contributed by atoms with Crippen LogP contribution in [0.2, 0.25) is 0 Å². The molecular formula is C14H11N3. The predicted molar refractivity (Wildman–Crippen MR) is 67.3 cm³/mol. The number of benzene rings is 1. The van der Waals surface area contributed by atoms with Crippen LogP contribution < -0.4 is 0 Å². The second kappa shape index (κ2) is 4.22. The summed E-state index contributed by atoms with van der Waals surface area (Å²) in [6, 6.07) is 16.1. The lowest BCUT2D eigenvalue weighted by Gasteiger charge is -2.02. The zero-order chi connectivity index (χ0) is 11.5. The van der Waals surface area contributed by atoms with Gasteiger partial charge in [0, 0.05) is 23.5 Å². The van der Waals surface area contributed by atoms with Crippen molar-refractivity contribution in [2.75, 3.05) is 0 Å². The highest BCUT2D eigenvalue weighted by atomic mass is 15.1. The molecule has 82 valence electrons. The summed E-state index contributed by atoms with van der Waals surface area (Å²) in [4.78, 5) is 4.39. The number of H-pyrrole nitrogens is 1. The number of pyridine rings is 1. The molecule has 3 nitrogen and oxygen atoms in total. The molecule has 0 unspecified atom stereocenters. The van der Waals surface area contributed by atoms with Crippen LogP contribution in [0.1, 0.15) is 0 Å². The van der Waals surface area contributed by atoms with Crippen molar-refractivity contribution in [1.29, 1.82) is 0 Å². The predicted octanol–water partition coefficient (Wildman–Crippen LogP) is 3.14. The molecule has 0 saturated carbocycles. The molecule has 3 rings (SSSR count). The SMILES string of the molecule is c1ccc(-c2cc(-c3ccn[nH]3)ccn2)cc1. The summed E-state index contributed by atoms with van der Waals surface area (Å²) in [5.41, 5.74) is 4.19. The minimum absolute atomic E-state index is 0.970. The molecule has 2 aromatic heterocycles. The first-order valence-corrected chi connectivity index (χ1v) is 5.45. The lowest BCUT2D eigenvalue weighted by atomic mass is 10.1. The van der Waals surface area contributed by atoms with E-state index in [1.807, 2.05) is 36.5 Å². The molecule has 0 bridgehead atoms. The molecule has 0 aliphatic heterocycles. The molecule has 0 aliphatic carbocycles. The topological polar surface area (TPSA) is 41.6 Å². The van der Waals surface area contributed by atoms with Crippen molar-refractivity contribution >= 4 is 0 Å². The molecule has 0 fully saturated rings. The molecular weight excluding hydrogens is 210 g/mol. The minimum atomic E-state index is 0.970. The van der Waals surface area contributed by atoms with Crippen molar-refractivity contribution in [2.45, 2.75) is 0 Å². The van der Waals surface area contributed by atoms with E-state index in [0.29, 0.717) is 0 Å². The first-order valence-electron chi connectivity index (χ1n) is 5.45. The third-order valence-electron chi connectivity index (χ3n) is 2.64. The van der Waals surface area contributed by atoms with Gasteiger partial charge in [-0.2, -0.15) is 5.10 Å². The Balaban J connectivity index is 2.06. The van der Waals surface area contributed by atoms with Crippen LogP contribution in [0, 0.1) is 0 Å². The van der Waals surface area contributed by atoms with Gasteiger partial charge >= 0.3 is 0 Å². The summed E-state index contributed by atoms with van der Waals surface area (Å²) in [5.74, 6) is 0. The Labute approximate surface area is 99.2 Å². The number of hydrogen-bond acceptors (Lipinski definition) is 2. The van der Waals surface area contributed by atoms with Crippen molar-refractivity contribution in [2.24, 2.45) is 0 Å². The average Bonchev–Trinajstić information content (AvgIpc) is 2.94. The lowest BCUT2D eigenvalue weighted by molar-refractivity contribution is 1.09. The van der Waals surface area contributed by atoms with Gasteiger partial charge in [-0.25, -0.2) is 0 Å². The standard InChI is InChI=1S/C14H11N3/c1-2-4-11(5-3-1)14-10-12(6-8-15-14)13-7-9-16-17-13/h1-10H,(H,16,17). The summed E-state index contributed by atoms with van der Waals surface area (Å²) in [7, 11) is 0. The molecule has 0 aliphatic rings. The van der Waals surface area contributed by atoms with Gasteiger partial charge in [-0.1, -0.05) is 30.3 Å². The lowest BCUT2D eigenvalue weighted by Crippen LogP contribution is -1.85. The highest BCUT2D eigenvalue weighted by Crippen LogP contribution is 2.22. The third kappa shape index (κ3) is 1.95. The van der Waals surface area contributed by atoms with E-state index in [9.17, 15) is 0 Å². The molecule has 0 saturated heterocycles. The first-order chi connectivity index (χ1) is 8.43. The van der Waals surface area contributed by atoms with Crippen LogP contribution in [-0.2, 0) is 0 Å². The molecule has 1 N–H and O–H groups in total. The zero-order valence-electron chi connectivity index (χ0n) is 9.17. The van der Waals surface area contributed by atoms with Gasteiger partial charge in [0.15, 0.2) is 0 Å². The summed E-state index contributed by atoms with van der Waals surface area (Å²) in [6.07, 6.45) is 3.57. The zero-order valence-corrected chi connectivity index (χ0v) is 9.17. The van der Waals surface area contributed by atoms with Crippen LogP contribution in [0.5, 0.6) is 0 Å². The van der Waals surface area contributed by atoms with E-state index < -0.39 is 0 Å². The van der Waals surface area contributed by atoms with Gasteiger partial charge in [0.25, 0.3) is 0 Å². The molecule has 17 heavy (non-hydrogen) atoms. The molecule has 1 aromatic carbocycles. The maximum absolute atomic E-state index is 4.39. The Morgan fingerprint density at radius 3 is 2.47 bits per heavy atom. The minimum Gasteiger partial charge on any atom is -0.278 e. The van der Waals surface area contributed by atoms with Gasteiger partial charge in [0.2, 0.25) is 0 Å². The summed E-state index contributed by atoms with van der Waals surface area (Å²) in [5, 5.41) is 6.91. The maximum atomic E-state index is 4.39. The summed E-state index contributed by atoms with van der Waals surface area (Å²) < 4.78 is 0. The van der Waals surface area contributed by atoms with Crippen molar-refractivity contribution in [3.63, 3.8) is 0 Å². The Morgan fingerprint density at radius 2 is 1.71 bits per heavy atom. The van der Waals surface area contributed by atoms with Crippen molar-refractivity contribution in [1.82, 2.24) is 15.2 Å². The molecule has 3 aromatic rings. The van der Waals surface area contributed by atoms with Crippen molar-refractivity contribution in [3.8, 4) is 22.5 Å². The molecule has 2 heterocycles. The van der Waals surface area contributed by atoms with Gasteiger partial charge in [-0.3, -0.25) is 10.1 Å². The summed E-state index contributed by atoms with van der Waals surface area (Å²) in [6.45, 7) is 0. The quantitative estimate of drug-likeness (QED) is 0.722. The first kappa shape index (κ1) is 9.78. The molecule has 0 amide bonds. The second-order valence-electron chi connectivity index (χ2n) is 3.77. The van der Waals surface area contributed by atoms with Crippen LogP contribution in [0.3, 0.4) is 0 Å². The highest BCUT2D eigenvalue weighted by molar-refractivity contribution is 5.67. The number of nitrogens with zero attached hydrogens (tertiary/aromatic N) is 2. The fraction of sp³-hybridized carbons (Fsp3) is 0.